The third-order valence-corrected chi connectivity index (χ3v) is 7.72. The summed E-state index contributed by atoms with van der Waals surface area (Å²) in [7, 11) is 0. The number of carboxylic acid groups (broad SMARTS) is 1. The third-order valence-electron chi connectivity index (χ3n) is 7.72. The molecule has 2 atom stereocenters. The van der Waals surface area contributed by atoms with Crippen molar-refractivity contribution < 1.29 is 29.0 Å². The molecule has 3 N–H and O–H groups in total. The number of rotatable bonds is 12. The molecule has 0 aliphatic heterocycles. The van der Waals surface area contributed by atoms with Crippen LogP contribution in [0.5, 0.6) is 5.75 Å². The summed E-state index contributed by atoms with van der Waals surface area (Å²) in [6.45, 7) is 0.721. The molecule has 2 saturated carbocycles. The summed E-state index contributed by atoms with van der Waals surface area (Å²) >= 11 is 0. The van der Waals surface area contributed by atoms with Crippen LogP contribution in [-0.4, -0.2) is 51.4 Å². The van der Waals surface area contributed by atoms with Gasteiger partial charge in [0, 0.05) is 6.07 Å². The highest BCUT2D eigenvalue weighted by Crippen LogP contribution is 2.30. The van der Waals surface area contributed by atoms with Gasteiger partial charge in [0.2, 0.25) is 5.91 Å². The first-order chi connectivity index (χ1) is 20.0. The normalized spacial score (nSPS) is 18.7. The number of hydrogen-bond acceptors (Lipinski definition) is 6. The molecular weight excluding hydrogens is 524 g/mol. The molecule has 0 unspecified atom stereocenters. The molecular formula is C31H36N4O6. The van der Waals surface area contributed by atoms with E-state index in [9.17, 15) is 19.5 Å². The summed E-state index contributed by atoms with van der Waals surface area (Å²) in [4.78, 5) is 38.1. The van der Waals surface area contributed by atoms with Crippen molar-refractivity contribution in [3.8, 4) is 5.75 Å². The number of carbonyl (C=O) groups excluding carboxylic acids is 2. The number of nitrogens with zero attached hydrogens (tertiary/aromatic N) is 2. The molecule has 41 heavy (non-hydrogen) atoms. The molecule has 1 aromatic heterocycles. The fourth-order valence-corrected chi connectivity index (χ4v) is 5.20. The first-order valence-electron chi connectivity index (χ1n) is 14.3. The number of carboxylic acids is 1. The lowest BCUT2D eigenvalue weighted by molar-refractivity contribution is -0.124. The SMILES string of the molecule is O=C(Cn1nc(C(=O)O)cc1C(=O)Nc1ccccc1OCC1CCC1)N[C@H]1CCCC[C@@H]1OCc1ccccc1. The molecule has 2 amide bonds. The van der Waals surface area contributed by atoms with Crippen LogP contribution in [0.3, 0.4) is 0 Å². The lowest BCUT2D eigenvalue weighted by Gasteiger charge is -2.32. The predicted molar refractivity (Wildman–Crippen MR) is 152 cm³/mol. The number of hydrogen-bond donors (Lipinski definition) is 3. The Labute approximate surface area is 239 Å². The first kappa shape index (κ1) is 28.4. The Kier molecular flexibility index (Phi) is 9.30. The molecule has 10 heteroatoms. The summed E-state index contributed by atoms with van der Waals surface area (Å²) in [5.74, 6) is -1.19. The Bertz CT molecular complexity index is 1350. The molecule has 3 aromatic rings. The Morgan fingerprint density at radius 1 is 0.951 bits per heavy atom. The van der Waals surface area contributed by atoms with Crippen molar-refractivity contribution in [1.29, 1.82) is 0 Å². The van der Waals surface area contributed by atoms with Gasteiger partial charge in [-0.1, -0.05) is 61.7 Å². The van der Waals surface area contributed by atoms with Gasteiger partial charge >= 0.3 is 5.97 Å². The minimum atomic E-state index is -1.29. The van der Waals surface area contributed by atoms with E-state index in [1.807, 2.05) is 36.4 Å². The molecule has 216 valence electrons. The predicted octanol–water partition coefficient (Wildman–Crippen LogP) is 4.66. The van der Waals surface area contributed by atoms with E-state index in [4.69, 9.17) is 9.47 Å². The van der Waals surface area contributed by atoms with E-state index in [2.05, 4.69) is 15.7 Å². The number of amides is 2. The van der Waals surface area contributed by atoms with Crippen LogP contribution >= 0.6 is 0 Å². The summed E-state index contributed by atoms with van der Waals surface area (Å²) in [5, 5.41) is 19.4. The van der Waals surface area contributed by atoms with E-state index < -0.39 is 11.9 Å². The van der Waals surface area contributed by atoms with Crippen molar-refractivity contribution in [2.24, 2.45) is 5.92 Å². The third kappa shape index (κ3) is 7.52. The highest BCUT2D eigenvalue weighted by molar-refractivity contribution is 6.05. The highest BCUT2D eigenvalue weighted by atomic mass is 16.5. The average Bonchev–Trinajstić information content (AvgIpc) is 3.37. The zero-order valence-corrected chi connectivity index (χ0v) is 23.0. The van der Waals surface area contributed by atoms with Gasteiger partial charge in [-0.2, -0.15) is 5.10 Å². The van der Waals surface area contributed by atoms with Crippen molar-refractivity contribution in [2.75, 3.05) is 11.9 Å². The van der Waals surface area contributed by atoms with Gasteiger partial charge in [-0.25, -0.2) is 9.48 Å². The zero-order valence-electron chi connectivity index (χ0n) is 23.0. The summed E-state index contributed by atoms with van der Waals surface area (Å²) < 4.78 is 13.2. The number of aromatic nitrogens is 2. The van der Waals surface area contributed by atoms with E-state index in [-0.39, 0.29) is 36.0 Å². The van der Waals surface area contributed by atoms with Crippen LogP contribution in [-0.2, 0) is 22.7 Å². The Balaban J connectivity index is 1.24. The second-order valence-corrected chi connectivity index (χ2v) is 10.7. The number of anilines is 1. The Hall–Kier alpha value is -4.18. The molecule has 1 heterocycles. The van der Waals surface area contributed by atoms with Crippen LogP contribution in [0.15, 0.2) is 60.7 Å². The van der Waals surface area contributed by atoms with Gasteiger partial charge in [-0.15, -0.1) is 0 Å². The van der Waals surface area contributed by atoms with E-state index in [0.717, 1.165) is 48.8 Å². The highest BCUT2D eigenvalue weighted by Gasteiger charge is 2.28. The van der Waals surface area contributed by atoms with E-state index >= 15 is 0 Å². The minimum Gasteiger partial charge on any atom is -0.491 e. The van der Waals surface area contributed by atoms with Crippen molar-refractivity contribution >= 4 is 23.5 Å². The van der Waals surface area contributed by atoms with Crippen molar-refractivity contribution in [1.82, 2.24) is 15.1 Å². The van der Waals surface area contributed by atoms with Crippen LogP contribution in [0.25, 0.3) is 0 Å². The van der Waals surface area contributed by atoms with Gasteiger partial charge in [0.15, 0.2) is 5.69 Å². The topological polar surface area (TPSA) is 132 Å². The van der Waals surface area contributed by atoms with Crippen LogP contribution in [0.4, 0.5) is 5.69 Å². The summed E-state index contributed by atoms with van der Waals surface area (Å²) in [6.07, 6.45) is 6.93. The van der Waals surface area contributed by atoms with Gasteiger partial charge in [0.25, 0.3) is 5.91 Å². The fourth-order valence-electron chi connectivity index (χ4n) is 5.20. The molecule has 2 aliphatic rings. The zero-order chi connectivity index (χ0) is 28.6. The van der Waals surface area contributed by atoms with Gasteiger partial charge in [0.05, 0.1) is 31.0 Å². The maximum atomic E-state index is 13.3. The smallest absolute Gasteiger partial charge is 0.356 e. The number of benzene rings is 2. The molecule has 10 nitrogen and oxygen atoms in total. The molecule has 2 aromatic carbocycles. The number of para-hydroxylation sites is 2. The van der Waals surface area contributed by atoms with Crippen LogP contribution in [0.2, 0.25) is 0 Å². The molecule has 0 bridgehead atoms. The maximum Gasteiger partial charge on any atom is 0.356 e. The minimum absolute atomic E-state index is 0.0353. The van der Waals surface area contributed by atoms with Crippen LogP contribution < -0.4 is 15.4 Å². The molecule has 0 spiro atoms. The average molecular weight is 561 g/mol. The monoisotopic (exact) mass is 560 g/mol. The Morgan fingerprint density at radius 3 is 2.46 bits per heavy atom. The number of carbonyl (C=O) groups is 3. The summed E-state index contributed by atoms with van der Waals surface area (Å²) in [6, 6.07) is 18.0. The lowest BCUT2D eigenvalue weighted by Crippen LogP contribution is -2.47. The van der Waals surface area contributed by atoms with Crippen molar-refractivity contribution in [2.45, 2.75) is 70.2 Å². The number of nitrogens with one attached hydrogen (secondary N) is 2. The lowest BCUT2D eigenvalue weighted by atomic mass is 9.86. The molecule has 0 radical (unpaired) electrons. The molecule has 2 aliphatic carbocycles. The molecule has 0 saturated heterocycles. The second-order valence-electron chi connectivity index (χ2n) is 10.7. The number of aromatic carboxylic acids is 1. The van der Waals surface area contributed by atoms with E-state index in [0.29, 0.717) is 30.6 Å². The van der Waals surface area contributed by atoms with Gasteiger partial charge in [-0.3, -0.25) is 9.59 Å². The Morgan fingerprint density at radius 2 is 1.71 bits per heavy atom. The number of ether oxygens (including phenoxy) is 2. The molecule has 2 fully saturated rings. The largest absolute Gasteiger partial charge is 0.491 e. The fraction of sp³-hybridized carbons (Fsp3) is 0.419. The summed E-state index contributed by atoms with van der Waals surface area (Å²) in [5.41, 5.74) is 1.17. The molecule has 5 rings (SSSR count). The standard InChI is InChI=1S/C31H36N4O6/c36-29(32-23-13-4-6-15-27(23)40-19-21-9-2-1-3-10-21)18-35-26(17-25(34-35)31(38)39)30(37)33-24-14-5-7-16-28(24)41-20-22-11-8-12-22/h1-3,5,7,9-10,14,16-17,22-23,27H,4,6,8,11-13,15,18-20H2,(H,32,36)(H,33,37)(H,38,39)/t23-,27-/m0/s1. The van der Waals surface area contributed by atoms with Crippen molar-refractivity contribution in [3.05, 3.63) is 77.6 Å². The van der Waals surface area contributed by atoms with Gasteiger partial charge in [0.1, 0.15) is 18.0 Å². The van der Waals surface area contributed by atoms with Gasteiger partial charge < -0.3 is 25.2 Å². The van der Waals surface area contributed by atoms with E-state index in [1.54, 1.807) is 18.2 Å². The quantitative estimate of drug-likeness (QED) is 0.294. The van der Waals surface area contributed by atoms with Gasteiger partial charge in [-0.05, 0) is 49.3 Å². The first-order valence-corrected chi connectivity index (χ1v) is 14.3. The van der Waals surface area contributed by atoms with Crippen LogP contribution in [0.1, 0.15) is 71.5 Å². The van der Waals surface area contributed by atoms with Crippen molar-refractivity contribution in [3.63, 3.8) is 0 Å². The van der Waals surface area contributed by atoms with E-state index in [1.165, 1.54) is 12.5 Å². The van der Waals surface area contributed by atoms with Crippen LogP contribution in [0, 0.1) is 5.92 Å². The second kappa shape index (κ2) is 13.5. The maximum absolute atomic E-state index is 13.3.